The third-order valence-corrected chi connectivity index (χ3v) is 14.9. The van der Waals surface area contributed by atoms with Crippen molar-refractivity contribution < 1.29 is 52.3 Å². The summed E-state index contributed by atoms with van der Waals surface area (Å²) in [5.74, 6) is -0.950. The molecule has 10 atom stereocenters. The van der Waals surface area contributed by atoms with Crippen molar-refractivity contribution in [1.82, 2.24) is 0 Å². The molecule has 67 heavy (non-hydrogen) atoms. The van der Waals surface area contributed by atoms with E-state index in [-0.39, 0.29) is 31.1 Å². The summed E-state index contributed by atoms with van der Waals surface area (Å²) in [4.78, 5) is 38.3. The first kappa shape index (κ1) is 56.1. The van der Waals surface area contributed by atoms with Gasteiger partial charge in [0, 0.05) is 32.1 Å². The van der Waals surface area contributed by atoms with E-state index in [0.717, 1.165) is 122 Å². The Hall–Kier alpha value is -1.79. The van der Waals surface area contributed by atoms with Crippen molar-refractivity contribution in [3.05, 3.63) is 0 Å². The lowest BCUT2D eigenvalue weighted by molar-refractivity contribution is -0.167. The standard InChI is InChI=1S/C56H98O11/c1-4-7-10-14-23-32-44-45(63-44)33-24-15-13-20-29-38-56(59)62-43(41-60-54(57)36-27-18-11-16-25-34-48-52(66-48)39-50-46(64-50)30-21-8-5-2)42-61-55(58)37-28-19-12-17-26-35-49-53(67-49)40-51-47(65-51)31-22-9-6-3/h43-53H,4-42H2,1-3H3. The fourth-order valence-corrected chi connectivity index (χ4v) is 10.2. The average molecular weight is 947 g/mol. The number of esters is 3. The largest absolute Gasteiger partial charge is 0.462 e. The Morgan fingerprint density at radius 3 is 0.940 bits per heavy atom. The lowest BCUT2D eigenvalue weighted by atomic mass is 10.0. The highest BCUT2D eigenvalue weighted by atomic mass is 16.6. The molecule has 0 radical (unpaired) electrons. The quantitative estimate of drug-likeness (QED) is 0.0249. The van der Waals surface area contributed by atoms with Crippen molar-refractivity contribution in [3.8, 4) is 0 Å². The van der Waals surface area contributed by atoms with Gasteiger partial charge in [0.2, 0.25) is 0 Å². The van der Waals surface area contributed by atoms with E-state index in [1.807, 2.05) is 0 Å². The summed E-state index contributed by atoms with van der Waals surface area (Å²) < 4.78 is 46.3. The predicted molar refractivity (Wildman–Crippen MR) is 263 cm³/mol. The number of hydrogen-bond donors (Lipinski definition) is 0. The summed E-state index contributed by atoms with van der Waals surface area (Å²) in [6.07, 6.45) is 42.9. The van der Waals surface area contributed by atoms with E-state index in [0.29, 0.717) is 80.3 Å². The SMILES string of the molecule is CCCCCCCC1OC1CCCCCCCC(=O)OC(COC(=O)CCCCCCCC1OC1CC1OC1CCCCC)COC(=O)CCCCCCCC1OC1CC1OC1CCCCC. The molecule has 5 aliphatic heterocycles. The van der Waals surface area contributed by atoms with Crippen LogP contribution in [0.3, 0.4) is 0 Å². The first-order valence-electron chi connectivity index (χ1n) is 28.6. The zero-order valence-electron chi connectivity index (χ0n) is 42.9. The van der Waals surface area contributed by atoms with Gasteiger partial charge in [-0.1, -0.05) is 168 Å². The Balaban J connectivity index is 0.866. The Morgan fingerprint density at radius 2 is 0.582 bits per heavy atom. The molecule has 5 saturated heterocycles. The average Bonchev–Trinajstić information content (AvgIpc) is 4.04. The minimum Gasteiger partial charge on any atom is -0.462 e. The van der Waals surface area contributed by atoms with Crippen molar-refractivity contribution in [1.29, 1.82) is 0 Å². The number of hydrogen-bond acceptors (Lipinski definition) is 11. The monoisotopic (exact) mass is 947 g/mol. The number of rotatable bonds is 47. The van der Waals surface area contributed by atoms with Crippen LogP contribution < -0.4 is 0 Å². The summed E-state index contributed by atoms with van der Waals surface area (Å²) in [6, 6.07) is 0. The first-order chi connectivity index (χ1) is 32.9. The number of ether oxygens (including phenoxy) is 8. The maximum absolute atomic E-state index is 12.9. The van der Waals surface area contributed by atoms with E-state index >= 15 is 0 Å². The highest BCUT2D eigenvalue weighted by Crippen LogP contribution is 2.40. The van der Waals surface area contributed by atoms with Crippen LogP contribution in [0.1, 0.15) is 258 Å². The Bertz CT molecular complexity index is 1260. The summed E-state index contributed by atoms with van der Waals surface area (Å²) >= 11 is 0. The van der Waals surface area contributed by atoms with Crippen LogP contribution in [0.25, 0.3) is 0 Å². The normalized spacial score (nSPS) is 27.1. The van der Waals surface area contributed by atoms with Crippen LogP contribution >= 0.6 is 0 Å². The lowest BCUT2D eigenvalue weighted by Crippen LogP contribution is -2.30. The lowest BCUT2D eigenvalue weighted by Gasteiger charge is -2.18. The molecular weight excluding hydrogens is 849 g/mol. The Kier molecular flexibility index (Phi) is 28.3. The van der Waals surface area contributed by atoms with E-state index in [1.165, 1.54) is 96.3 Å². The van der Waals surface area contributed by atoms with E-state index in [9.17, 15) is 14.4 Å². The van der Waals surface area contributed by atoms with Gasteiger partial charge in [0.15, 0.2) is 6.10 Å². The van der Waals surface area contributed by atoms with Gasteiger partial charge in [0.1, 0.15) is 13.2 Å². The van der Waals surface area contributed by atoms with Crippen LogP contribution in [0.4, 0.5) is 0 Å². The summed E-state index contributed by atoms with van der Waals surface area (Å²) in [5, 5.41) is 0. The van der Waals surface area contributed by atoms with Crippen molar-refractivity contribution in [3.63, 3.8) is 0 Å². The fourth-order valence-electron chi connectivity index (χ4n) is 10.2. The van der Waals surface area contributed by atoms with Crippen LogP contribution in [0.5, 0.6) is 0 Å². The van der Waals surface area contributed by atoms with Crippen molar-refractivity contribution >= 4 is 17.9 Å². The van der Waals surface area contributed by atoms with Gasteiger partial charge in [-0.15, -0.1) is 0 Å². The molecule has 388 valence electrons. The topological polar surface area (TPSA) is 142 Å². The summed E-state index contributed by atoms with van der Waals surface area (Å²) in [7, 11) is 0. The molecule has 0 spiro atoms. The molecule has 0 aromatic heterocycles. The number of unbranched alkanes of at least 4 members (excludes halogenated alkanes) is 20. The molecule has 0 N–H and O–H groups in total. The number of carbonyl (C=O) groups is 3. The minimum absolute atomic E-state index is 0.104. The molecule has 0 aromatic carbocycles. The molecule has 5 heterocycles. The maximum Gasteiger partial charge on any atom is 0.306 e. The first-order valence-corrected chi connectivity index (χ1v) is 28.6. The van der Waals surface area contributed by atoms with Gasteiger partial charge in [-0.3, -0.25) is 14.4 Å². The molecule has 0 aromatic rings. The zero-order valence-corrected chi connectivity index (χ0v) is 42.9. The van der Waals surface area contributed by atoms with Crippen LogP contribution in [0.15, 0.2) is 0 Å². The highest BCUT2D eigenvalue weighted by Gasteiger charge is 2.48. The van der Waals surface area contributed by atoms with Gasteiger partial charge < -0.3 is 37.9 Å². The van der Waals surface area contributed by atoms with Crippen LogP contribution in [-0.4, -0.2) is 98.3 Å². The molecule has 0 amide bonds. The highest BCUT2D eigenvalue weighted by molar-refractivity contribution is 5.71. The van der Waals surface area contributed by atoms with Crippen molar-refractivity contribution in [2.45, 2.75) is 325 Å². The van der Waals surface area contributed by atoms with Crippen LogP contribution in [-0.2, 0) is 52.3 Å². The van der Waals surface area contributed by atoms with E-state index in [1.54, 1.807) is 0 Å². The van der Waals surface area contributed by atoms with Gasteiger partial charge in [0.05, 0.1) is 61.0 Å². The third-order valence-electron chi connectivity index (χ3n) is 14.9. The van der Waals surface area contributed by atoms with Crippen LogP contribution in [0, 0.1) is 0 Å². The van der Waals surface area contributed by atoms with Gasteiger partial charge in [-0.05, 0) is 57.8 Å². The van der Waals surface area contributed by atoms with E-state index in [4.69, 9.17) is 37.9 Å². The number of epoxide rings is 5. The van der Waals surface area contributed by atoms with Gasteiger partial charge in [-0.2, -0.15) is 0 Å². The summed E-state index contributed by atoms with van der Waals surface area (Å²) in [5.41, 5.74) is 0. The molecule has 10 unspecified atom stereocenters. The molecule has 11 heteroatoms. The van der Waals surface area contributed by atoms with Gasteiger partial charge in [-0.25, -0.2) is 0 Å². The predicted octanol–water partition coefficient (Wildman–Crippen LogP) is 13.3. The fraction of sp³-hybridized carbons (Fsp3) is 0.946. The molecule has 0 aliphatic carbocycles. The second-order valence-corrected chi connectivity index (χ2v) is 21.1. The van der Waals surface area contributed by atoms with Gasteiger partial charge >= 0.3 is 17.9 Å². The minimum atomic E-state index is -0.808. The van der Waals surface area contributed by atoms with Crippen molar-refractivity contribution in [2.75, 3.05) is 13.2 Å². The van der Waals surface area contributed by atoms with E-state index < -0.39 is 6.10 Å². The molecule has 0 saturated carbocycles. The smallest absolute Gasteiger partial charge is 0.306 e. The molecule has 5 aliphatic rings. The Labute approximate surface area is 407 Å². The van der Waals surface area contributed by atoms with Crippen molar-refractivity contribution in [2.24, 2.45) is 0 Å². The zero-order chi connectivity index (χ0) is 47.3. The van der Waals surface area contributed by atoms with E-state index in [2.05, 4.69) is 20.8 Å². The maximum atomic E-state index is 12.9. The summed E-state index contributed by atoms with van der Waals surface area (Å²) in [6.45, 7) is 6.52. The van der Waals surface area contributed by atoms with Crippen LogP contribution in [0.2, 0.25) is 0 Å². The van der Waals surface area contributed by atoms with Gasteiger partial charge in [0.25, 0.3) is 0 Å². The molecule has 11 nitrogen and oxygen atoms in total. The third kappa shape index (κ3) is 26.3. The molecular formula is C56H98O11. The Morgan fingerprint density at radius 1 is 0.328 bits per heavy atom. The molecule has 5 rings (SSSR count). The second kappa shape index (κ2) is 33.7. The second-order valence-electron chi connectivity index (χ2n) is 21.1. The molecule has 5 fully saturated rings. The number of carbonyl (C=O) groups excluding carboxylic acids is 3. The molecule has 0 bridgehead atoms.